The van der Waals surface area contributed by atoms with Crippen LogP contribution in [0.1, 0.15) is 11.1 Å². The molecule has 0 aliphatic carbocycles. The van der Waals surface area contributed by atoms with Crippen molar-refractivity contribution in [3.8, 4) is 28.4 Å². The summed E-state index contributed by atoms with van der Waals surface area (Å²) in [4.78, 5) is 0.900. The van der Waals surface area contributed by atoms with E-state index in [0.29, 0.717) is 5.56 Å². The highest BCUT2D eigenvalue weighted by atomic mass is 32.2. The maximum absolute atomic E-state index is 13.8. The van der Waals surface area contributed by atoms with Crippen molar-refractivity contribution in [2.24, 2.45) is 0 Å². The van der Waals surface area contributed by atoms with Crippen LogP contribution in [0.5, 0.6) is 0 Å². The van der Waals surface area contributed by atoms with Crippen LogP contribution >= 0.6 is 11.8 Å². The molecule has 3 aromatic rings. The molecule has 0 fully saturated rings. The molecule has 1 nitrogen and oxygen atoms in total. The summed E-state index contributed by atoms with van der Waals surface area (Å²) in [7, 11) is 0. The first-order valence-electron chi connectivity index (χ1n) is 7.29. The van der Waals surface area contributed by atoms with Gasteiger partial charge in [0.1, 0.15) is 11.2 Å². The highest BCUT2D eigenvalue weighted by Crippen LogP contribution is 2.22. The molecule has 0 bridgehead atoms. The fraction of sp³-hybridized carbons (Fsp3) is 0. The van der Waals surface area contributed by atoms with E-state index in [2.05, 4.69) is 11.8 Å². The molecule has 24 heavy (non-hydrogen) atoms. The minimum absolute atomic E-state index is 0.230. The SMILES string of the molecule is N#CSc1ccc(C#Cc2ccc(-c3ccccc3F)cc2)cc1. The standard InChI is InChI=1S/C21H12FNS/c22-21-4-2-1-3-20(21)18-11-7-16(8-12-18)5-6-17-9-13-19(14-10-17)24-15-23/h1-4,7-14H. The molecular weight excluding hydrogens is 317 g/mol. The van der Waals surface area contributed by atoms with Crippen molar-refractivity contribution >= 4 is 11.8 Å². The van der Waals surface area contributed by atoms with Gasteiger partial charge in [-0.2, -0.15) is 5.26 Å². The van der Waals surface area contributed by atoms with E-state index in [9.17, 15) is 4.39 Å². The lowest BCUT2D eigenvalue weighted by atomic mass is 10.0. The number of halogens is 1. The number of benzene rings is 3. The number of nitriles is 1. The van der Waals surface area contributed by atoms with Crippen LogP contribution in [0.25, 0.3) is 11.1 Å². The van der Waals surface area contributed by atoms with Crippen LogP contribution in [0.2, 0.25) is 0 Å². The molecule has 0 unspecified atom stereocenters. The largest absolute Gasteiger partial charge is 0.206 e. The van der Waals surface area contributed by atoms with Gasteiger partial charge in [0.25, 0.3) is 0 Å². The highest BCUT2D eigenvalue weighted by molar-refractivity contribution is 8.03. The van der Waals surface area contributed by atoms with E-state index in [1.165, 1.54) is 6.07 Å². The van der Waals surface area contributed by atoms with Crippen LogP contribution < -0.4 is 0 Å². The minimum Gasteiger partial charge on any atom is -0.206 e. The quantitative estimate of drug-likeness (QED) is 0.354. The predicted octanol–water partition coefficient (Wildman–Crippen LogP) is 5.47. The molecule has 0 saturated carbocycles. The fourth-order valence-corrected chi connectivity index (χ4v) is 2.61. The Morgan fingerprint density at radius 2 is 1.33 bits per heavy atom. The normalized spacial score (nSPS) is 9.67. The van der Waals surface area contributed by atoms with Crippen molar-refractivity contribution in [3.63, 3.8) is 0 Å². The minimum atomic E-state index is -0.230. The summed E-state index contributed by atoms with van der Waals surface area (Å²) in [5.41, 5.74) is 3.17. The molecule has 0 atom stereocenters. The lowest BCUT2D eigenvalue weighted by Crippen LogP contribution is -1.84. The molecule has 3 rings (SSSR count). The smallest absolute Gasteiger partial charge is 0.138 e. The Hall–Kier alpha value is -3.01. The first kappa shape index (κ1) is 15.9. The van der Waals surface area contributed by atoms with Crippen LogP contribution in [0.3, 0.4) is 0 Å². The third-order valence-electron chi connectivity index (χ3n) is 3.44. The Balaban J connectivity index is 1.78. The lowest BCUT2D eigenvalue weighted by molar-refractivity contribution is 0.631. The third kappa shape index (κ3) is 3.84. The molecule has 0 aliphatic rings. The van der Waals surface area contributed by atoms with Gasteiger partial charge >= 0.3 is 0 Å². The highest BCUT2D eigenvalue weighted by Gasteiger charge is 2.02. The summed E-state index contributed by atoms with van der Waals surface area (Å²) in [6.45, 7) is 0. The molecule has 0 aromatic heterocycles. The van der Waals surface area contributed by atoms with Crippen molar-refractivity contribution in [2.75, 3.05) is 0 Å². The second-order valence-corrected chi connectivity index (χ2v) is 5.88. The van der Waals surface area contributed by atoms with Gasteiger partial charge < -0.3 is 0 Å². The van der Waals surface area contributed by atoms with Crippen LogP contribution in [0.15, 0.2) is 77.7 Å². The summed E-state index contributed by atoms with van der Waals surface area (Å²) in [6, 6.07) is 21.8. The zero-order chi connectivity index (χ0) is 16.8. The molecule has 0 aliphatic heterocycles. The van der Waals surface area contributed by atoms with Crippen molar-refractivity contribution in [3.05, 3.63) is 89.7 Å². The van der Waals surface area contributed by atoms with E-state index in [-0.39, 0.29) is 5.82 Å². The maximum Gasteiger partial charge on any atom is 0.138 e. The molecule has 3 aromatic carbocycles. The van der Waals surface area contributed by atoms with Gasteiger partial charge in [0.2, 0.25) is 0 Å². The van der Waals surface area contributed by atoms with Crippen molar-refractivity contribution in [1.82, 2.24) is 0 Å². The van der Waals surface area contributed by atoms with Crippen LogP contribution in [-0.4, -0.2) is 0 Å². The number of hydrogen-bond donors (Lipinski definition) is 0. The number of nitrogens with zero attached hydrogens (tertiary/aromatic N) is 1. The average Bonchev–Trinajstić information content (AvgIpc) is 2.62. The summed E-state index contributed by atoms with van der Waals surface area (Å²) in [5.74, 6) is 5.94. The van der Waals surface area contributed by atoms with E-state index in [1.54, 1.807) is 12.1 Å². The van der Waals surface area contributed by atoms with Gasteiger partial charge in [0.15, 0.2) is 0 Å². The van der Waals surface area contributed by atoms with Gasteiger partial charge in [-0.1, -0.05) is 42.2 Å². The van der Waals surface area contributed by atoms with E-state index < -0.39 is 0 Å². The number of thiocyanates is 1. The second kappa shape index (κ2) is 7.51. The Morgan fingerprint density at radius 1 is 0.750 bits per heavy atom. The summed E-state index contributed by atoms with van der Waals surface area (Å²) >= 11 is 1.13. The Labute approximate surface area is 144 Å². The van der Waals surface area contributed by atoms with Gasteiger partial charge in [0, 0.05) is 21.6 Å². The van der Waals surface area contributed by atoms with Crippen LogP contribution in [0, 0.1) is 28.3 Å². The average molecular weight is 329 g/mol. The summed E-state index contributed by atoms with van der Waals surface area (Å²) < 4.78 is 13.8. The van der Waals surface area contributed by atoms with E-state index in [0.717, 1.165) is 33.3 Å². The van der Waals surface area contributed by atoms with Gasteiger partial charge in [0.05, 0.1) is 0 Å². The lowest BCUT2D eigenvalue weighted by Gasteiger charge is -2.02. The molecule has 0 heterocycles. The molecule has 0 amide bonds. The van der Waals surface area contributed by atoms with Crippen molar-refractivity contribution < 1.29 is 4.39 Å². The van der Waals surface area contributed by atoms with Gasteiger partial charge in [-0.05, 0) is 59.8 Å². The molecular formula is C21H12FNS. The molecule has 0 spiro atoms. The zero-order valence-electron chi connectivity index (χ0n) is 12.7. The monoisotopic (exact) mass is 329 g/mol. The number of thioether (sulfide) groups is 1. The van der Waals surface area contributed by atoms with E-state index in [1.807, 2.05) is 60.0 Å². The maximum atomic E-state index is 13.8. The van der Waals surface area contributed by atoms with E-state index >= 15 is 0 Å². The van der Waals surface area contributed by atoms with Gasteiger partial charge in [-0.15, -0.1) is 0 Å². The van der Waals surface area contributed by atoms with Crippen molar-refractivity contribution in [2.45, 2.75) is 4.90 Å². The Bertz CT molecular complexity index is 942. The second-order valence-electron chi connectivity index (χ2n) is 5.02. The molecule has 0 N–H and O–H groups in total. The number of rotatable bonds is 2. The Morgan fingerprint density at radius 3 is 1.92 bits per heavy atom. The van der Waals surface area contributed by atoms with Crippen LogP contribution in [-0.2, 0) is 0 Å². The van der Waals surface area contributed by atoms with Gasteiger partial charge in [-0.3, -0.25) is 0 Å². The topological polar surface area (TPSA) is 23.8 Å². The first-order chi connectivity index (χ1) is 11.8. The fourth-order valence-electron chi connectivity index (χ4n) is 2.23. The zero-order valence-corrected chi connectivity index (χ0v) is 13.5. The molecule has 0 radical (unpaired) electrons. The molecule has 3 heteroatoms. The predicted molar refractivity (Wildman–Crippen MR) is 95.7 cm³/mol. The summed E-state index contributed by atoms with van der Waals surface area (Å²) in [5, 5.41) is 10.7. The molecule has 0 saturated heterocycles. The summed E-state index contributed by atoms with van der Waals surface area (Å²) in [6.07, 6.45) is 0. The van der Waals surface area contributed by atoms with Crippen molar-refractivity contribution in [1.29, 1.82) is 5.26 Å². The number of hydrogen-bond acceptors (Lipinski definition) is 2. The van der Waals surface area contributed by atoms with E-state index in [4.69, 9.17) is 5.26 Å². The third-order valence-corrected chi connectivity index (χ3v) is 4.04. The van der Waals surface area contributed by atoms with Crippen LogP contribution in [0.4, 0.5) is 4.39 Å². The van der Waals surface area contributed by atoms with Gasteiger partial charge in [-0.25, -0.2) is 4.39 Å². The first-order valence-corrected chi connectivity index (χ1v) is 8.11. The molecule has 114 valence electrons. The Kier molecular flexibility index (Phi) is 4.96.